The van der Waals surface area contributed by atoms with Crippen molar-refractivity contribution in [1.29, 1.82) is 0 Å². The zero-order valence-electron chi connectivity index (χ0n) is 10.2. The summed E-state index contributed by atoms with van der Waals surface area (Å²) in [7, 11) is -2.89. The van der Waals surface area contributed by atoms with Crippen molar-refractivity contribution in [3.8, 4) is 0 Å². The number of nitrogens with one attached hydrogen (secondary N) is 2. The summed E-state index contributed by atoms with van der Waals surface area (Å²) < 4.78 is 39.6. The second kappa shape index (κ2) is 5.72. The standard InChI is InChI=1S/C10H13ClFN3O3S/c1-5(10(16)14-2)15-19(17,18)8-4-6(11)3-7(13)9(8)12/h3-5,15H,13H2,1-2H3,(H,14,16). The fourth-order valence-electron chi connectivity index (χ4n) is 1.35. The van der Waals surface area contributed by atoms with E-state index in [4.69, 9.17) is 17.3 Å². The van der Waals surface area contributed by atoms with E-state index in [0.717, 1.165) is 12.1 Å². The maximum atomic E-state index is 13.7. The first-order valence-corrected chi connectivity index (χ1v) is 7.03. The molecule has 0 spiro atoms. The second-order valence-corrected chi connectivity index (χ2v) is 5.88. The first-order valence-electron chi connectivity index (χ1n) is 5.17. The highest BCUT2D eigenvalue weighted by Crippen LogP contribution is 2.25. The Morgan fingerprint density at radius 1 is 1.47 bits per heavy atom. The molecule has 1 aromatic carbocycles. The predicted octanol–water partition coefficient (Wildman–Crippen LogP) is 0.474. The number of nitrogens with two attached hydrogens (primary N) is 1. The van der Waals surface area contributed by atoms with Crippen molar-refractivity contribution >= 4 is 33.2 Å². The number of carbonyl (C=O) groups is 1. The van der Waals surface area contributed by atoms with Gasteiger partial charge in [0, 0.05) is 12.1 Å². The number of sulfonamides is 1. The Balaban J connectivity index is 3.18. The largest absolute Gasteiger partial charge is 0.396 e. The normalized spacial score (nSPS) is 13.1. The van der Waals surface area contributed by atoms with Gasteiger partial charge in [-0.25, -0.2) is 12.8 Å². The van der Waals surface area contributed by atoms with Crippen LogP contribution in [0, 0.1) is 5.82 Å². The average molecular weight is 310 g/mol. The van der Waals surface area contributed by atoms with Crippen LogP contribution in [-0.2, 0) is 14.8 Å². The summed E-state index contributed by atoms with van der Waals surface area (Å²) in [6, 6.07) is 0.958. The Morgan fingerprint density at radius 2 is 2.05 bits per heavy atom. The van der Waals surface area contributed by atoms with Crippen molar-refractivity contribution in [2.24, 2.45) is 0 Å². The first-order chi connectivity index (χ1) is 8.69. The molecule has 0 aliphatic carbocycles. The lowest BCUT2D eigenvalue weighted by Gasteiger charge is -2.14. The van der Waals surface area contributed by atoms with Gasteiger partial charge in [0.2, 0.25) is 15.9 Å². The molecule has 0 aliphatic rings. The lowest BCUT2D eigenvalue weighted by Crippen LogP contribution is -2.43. The van der Waals surface area contributed by atoms with E-state index < -0.39 is 32.7 Å². The van der Waals surface area contributed by atoms with Crippen LogP contribution in [0.25, 0.3) is 0 Å². The first kappa shape index (κ1) is 15.7. The van der Waals surface area contributed by atoms with Gasteiger partial charge in [0.05, 0.1) is 11.7 Å². The van der Waals surface area contributed by atoms with Crippen LogP contribution in [0.15, 0.2) is 17.0 Å². The van der Waals surface area contributed by atoms with Gasteiger partial charge in [-0.3, -0.25) is 4.79 Å². The summed E-state index contributed by atoms with van der Waals surface area (Å²) in [5, 5.41) is 2.24. The molecule has 106 valence electrons. The SMILES string of the molecule is CNC(=O)C(C)NS(=O)(=O)c1cc(Cl)cc(N)c1F. The van der Waals surface area contributed by atoms with Crippen molar-refractivity contribution in [3.05, 3.63) is 23.0 Å². The number of likely N-dealkylation sites (N-methyl/N-ethyl adjacent to an activating group) is 1. The van der Waals surface area contributed by atoms with Gasteiger partial charge >= 0.3 is 0 Å². The highest BCUT2D eigenvalue weighted by molar-refractivity contribution is 7.89. The smallest absolute Gasteiger partial charge is 0.244 e. The van der Waals surface area contributed by atoms with E-state index in [2.05, 4.69) is 5.32 Å². The highest BCUT2D eigenvalue weighted by atomic mass is 35.5. The lowest BCUT2D eigenvalue weighted by atomic mass is 10.3. The lowest BCUT2D eigenvalue weighted by molar-refractivity contribution is -0.121. The highest BCUT2D eigenvalue weighted by Gasteiger charge is 2.25. The molecule has 19 heavy (non-hydrogen) atoms. The molecule has 0 fully saturated rings. The van der Waals surface area contributed by atoms with Gasteiger partial charge in [-0.15, -0.1) is 0 Å². The van der Waals surface area contributed by atoms with Gasteiger partial charge in [0.25, 0.3) is 0 Å². The monoisotopic (exact) mass is 309 g/mol. The summed E-state index contributed by atoms with van der Waals surface area (Å²) in [6.45, 7) is 1.32. The van der Waals surface area contributed by atoms with Crippen LogP contribution in [0.2, 0.25) is 5.02 Å². The second-order valence-electron chi connectivity index (χ2n) is 3.76. The van der Waals surface area contributed by atoms with Gasteiger partial charge in [-0.2, -0.15) is 4.72 Å². The summed E-state index contributed by atoms with van der Waals surface area (Å²) in [4.78, 5) is 10.6. The van der Waals surface area contributed by atoms with Crippen molar-refractivity contribution in [3.63, 3.8) is 0 Å². The number of nitrogen functional groups attached to an aromatic ring is 1. The van der Waals surface area contributed by atoms with Gasteiger partial charge in [-0.05, 0) is 19.1 Å². The Labute approximate surface area is 115 Å². The van der Waals surface area contributed by atoms with Crippen LogP contribution in [0.4, 0.5) is 10.1 Å². The molecule has 0 saturated carbocycles. The van der Waals surface area contributed by atoms with E-state index in [1.54, 1.807) is 0 Å². The van der Waals surface area contributed by atoms with Crippen molar-refractivity contribution in [2.45, 2.75) is 17.9 Å². The summed E-state index contributed by atoms with van der Waals surface area (Å²) in [5.74, 6) is -1.67. The zero-order chi connectivity index (χ0) is 14.8. The van der Waals surface area contributed by atoms with E-state index in [1.165, 1.54) is 14.0 Å². The maximum absolute atomic E-state index is 13.7. The van der Waals surface area contributed by atoms with E-state index in [1.807, 2.05) is 4.72 Å². The number of benzene rings is 1. The molecule has 4 N–H and O–H groups in total. The Hall–Kier alpha value is -1.38. The Morgan fingerprint density at radius 3 is 2.58 bits per heavy atom. The Kier molecular flexibility index (Phi) is 4.72. The van der Waals surface area contributed by atoms with Crippen molar-refractivity contribution < 1.29 is 17.6 Å². The fraction of sp³-hybridized carbons (Fsp3) is 0.300. The molecular formula is C10H13ClFN3O3S. The van der Waals surface area contributed by atoms with Crippen molar-refractivity contribution in [2.75, 3.05) is 12.8 Å². The number of amides is 1. The van der Waals surface area contributed by atoms with Crippen LogP contribution < -0.4 is 15.8 Å². The Bertz CT molecular complexity index is 606. The number of rotatable bonds is 4. The number of hydrogen-bond acceptors (Lipinski definition) is 4. The molecule has 0 heterocycles. The molecule has 1 aromatic rings. The van der Waals surface area contributed by atoms with E-state index in [0.29, 0.717) is 0 Å². The van der Waals surface area contributed by atoms with Crippen LogP contribution in [0.3, 0.4) is 0 Å². The minimum Gasteiger partial charge on any atom is -0.396 e. The van der Waals surface area contributed by atoms with E-state index in [-0.39, 0.29) is 10.7 Å². The fourth-order valence-corrected chi connectivity index (χ4v) is 2.97. The molecule has 0 saturated heterocycles. The van der Waals surface area contributed by atoms with Crippen LogP contribution >= 0.6 is 11.6 Å². The minimum atomic E-state index is -4.24. The molecule has 9 heteroatoms. The predicted molar refractivity (Wildman–Crippen MR) is 69.7 cm³/mol. The van der Waals surface area contributed by atoms with Crippen LogP contribution in [0.1, 0.15) is 6.92 Å². The number of anilines is 1. The van der Waals surface area contributed by atoms with Crippen LogP contribution in [-0.4, -0.2) is 27.4 Å². The molecule has 1 amide bonds. The van der Waals surface area contributed by atoms with Gasteiger partial charge in [0.15, 0.2) is 5.82 Å². The van der Waals surface area contributed by atoms with Gasteiger partial charge < -0.3 is 11.1 Å². The van der Waals surface area contributed by atoms with Gasteiger partial charge in [0.1, 0.15) is 4.90 Å². The van der Waals surface area contributed by atoms with E-state index in [9.17, 15) is 17.6 Å². The summed E-state index contributed by atoms with van der Waals surface area (Å²) in [6.07, 6.45) is 0. The number of carbonyl (C=O) groups excluding carboxylic acids is 1. The van der Waals surface area contributed by atoms with E-state index >= 15 is 0 Å². The van der Waals surface area contributed by atoms with Crippen LogP contribution in [0.5, 0.6) is 0 Å². The molecule has 6 nitrogen and oxygen atoms in total. The summed E-state index contributed by atoms with van der Waals surface area (Å²) >= 11 is 5.64. The third-order valence-electron chi connectivity index (χ3n) is 2.29. The number of halogens is 2. The molecule has 0 aromatic heterocycles. The molecular weight excluding hydrogens is 297 g/mol. The quantitative estimate of drug-likeness (QED) is 0.704. The van der Waals surface area contributed by atoms with Gasteiger partial charge in [-0.1, -0.05) is 11.6 Å². The summed E-state index contributed by atoms with van der Waals surface area (Å²) in [5.41, 5.74) is 4.92. The average Bonchev–Trinajstić information content (AvgIpc) is 2.31. The van der Waals surface area contributed by atoms with Crippen molar-refractivity contribution in [1.82, 2.24) is 10.0 Å². The molecule has 0 aliphatic heterocycles. The minimum absolute atomic E-state index is 0.0214. The molecule has 0 radical (unpaired) electrons. The molecule has 1 atom stereocenters. The third kappa shape index (κ3) is 3.55. The maximum Gasteiger partial charge on any atom is 0.244 e. The molecule has 1 rings (SSSR count). The topological polar surface area (TPSA) is 101 Å². The molecule has 0 bridgehead atoms. The zero-order valence-corrected chi connectivity index (χ0v) is 11.8. The molecule has 1 unspecified atom stereocenters. The number of hydrogen-bond donors (Lipinski definition) is 3. The third-order valence-corrected chi connectivity index (χ3v) is 4.05.